The lowest BCUT2D eigenvalue weighted by Gasteiger charge is -2.25. The van der Waals surface area contributed by atoms with Gasteiger partial charge in [0.05, 0.1) is 12.3 Å². The average molecular weight is 300 g/mol. The Morgan fingerprint density at radius 2 is 1.91 bits per heavy atom. The first-order chi connectivity index (χ1) is 10.6. The van der Waals surface area contributed by atoms with Crippen molar-refractivity contribution in [3.05, 3.63) is 60.1 Å². The summed E-state index contributed by atoms with van der Waals surface area (Å²) in [6.45, 7) is 2.26. The molecular formula is C17H20N2O3. The van der Waals surface area contributed by atoms with Gasteiger partial charge in [-0.25, -0.2) is 0 Å². The molecule has 0 bridgehead atoms. The first-order valence-electron chi connectivity index (χ1n) is 7.22. The molecule has 5 nitrogen and oxygen atoms in total. The quantitative estimate of drug-likeness (QED) is 0.892. The maximum absolute atomic E-state index is 12.2. The summed E-state index contributed by atoms with van der Waals surface area (Å²) in [5.41, 5.74) is 1.08. The van der Waals surface area contributed by atoms with Crippen molar-refractivity contribution in [3.63, 3.8) is 0 Å². The van der Waals surface area contributed by atoms with Gasteiger partial charge in [0.2, 0.25) is 5.91 Å². The standard InChI is InChI=1S/C17H20N2O3/c1-13(14-7-4-3-5-8-14)19(2)16(20)10-11-18-17(21)15-9-6-12-22-15/h3-9,12-13H,10-11H2,1-2H3,(H,18,21)/t13-/m0/s1. The molecule has 1 heterocycles. The van der Waals surface area contributed by atoms with Crippen molar-refractivity contribution < 1.29 is 14.0 Å². The number of carbonyl (C=O) groups is 2. The van der Waals surface area contributed by atoms with Crippen LogP contribution in [0.5, 0.6) is 0 Å². The molecule has 0 aliphatic heterocycles. The van der Waals surface area contributed by atoms with Gasteiger partial charge in [0.1, 0.15) is 0 Å². The normalized spacial score (nSPS) is 11.7. The van der Waals surface area contributed by atoms with Gasteiger partial charge in [0, 0.05) is 20.0 Å². The lowest BCUT2D eigenvalue weighted by atomic mass is 10.1. The van der Waals surface area contributed by atoms with E-state index in [0.717, 1.165) is 5.56 Å². The van der Waals surface area contributed by atoms with Crippen LogP contribution in [0.25, 0.3) is 0 Å². The molecule has 1 aromatic carbocycles. The number of furan rings is 1. The van der Waals surface area contributed by atoms with Crippen LogP contribution in [0.2, 0.25) is 0 Å². The molecular weight excluding hydrogens is 280 g/mol. The minimum Gasteiger partial charge on any atom is -0.459 e. The second-order valence-electron chi connectivity index (χ2n) is 5.07. The maximum atomic E-state index is 12.2. The van der Waals surface area contributed by atoms with Crippen molar-refractivity contribution >= 4 is 11.8 Å². The predicted octanol–water partition coefficient (Wildman–Crippen LogP) is 2.62. The van der Waals surface area contributed by atoms with Gasteiger partial charge in [-0.3, -0.25) is 9.59 Å². The minimum absolute atomic E-state index is 0.00512. The van der Waals surface area contributed by atoms with Crippen molar-refractivity contribution in [3.8, 4) is 0 Å². The summed E-state index contributed by atoms with van der Waals surface area (Å²) in [5, 5.41) is 2.67. The number of amides is 2. The summed E-state index contributed by atoms with van der Waals surface area (Å²) in [6.07, 6.45) is 1.69. The predicted molar refractivity (Wildman–Crippen MR) is 83.3 cm³/mol. The molecule has 1 atom stereocenters. The maximum Gasteiger partial charge on any atom is 0.286 e. The van der Waals surface area contributed by atoms with Gasteiger partial charge in [0.15, 0.2) is 5.76 Å². The first kappa shape index (κ1) is 15.8. The molecule has 2 aromatic rings. The van der Waals surface area contributed by atoms with E-state index < -0.39 is 0 Å². The molecule has 0 fully saturated rings. The van der Waals surface area contributed by atoms with Crippen LogP contribution in [0, 0.1) is 0 Å². The highest BCUT2D eigenvalue weighted by molar-refractivity contribution is 5.91. The third-order valence-electron chi connectivity index (χ3n) is 3.63. The highest BCUT2D eigenvalue weighted by Crippen LogP contribution is 2.18. The fourth-order valence-electron chi connectivity index (χ4n) is 2.13. The third-order valence-corrected chi connectivity index (χ3v) is 3.63. The molecule has 0 aliphatic rings. The highest BCUT2D eigenvalue weighted by atomic mass is 16.3. The Kier molecular flexibility index (Phi) is 5.36. The summed E-state index contributed by atoms with van der Waals surface area (Å²) < 4.78 is 4.99. The van der Waals surface area contributed by atoms with Gasteiger partial charge >= 0.3 is 0 Å². The van der Waals surface area contributed by atoms with E-state index in [9.17, 15) is 9.59 Å². The Bertz CT molecular complexity index is 608. The van der Waals surface area contributed by atoms with Gasteiger partial charge in [-0.1, -0.05) is 30.3 Å². The summed E-state index contributed by atoms with van der Waals surface area (Å²) in [6, 6.07) is 13.1. The molecule has 22 heavy (non-hydrogen) atoms. The highest BCUT2D eigenvalue weighted by Gasteiger charge is 2.17. The van der Waals surface area contributed by atoms with Crippen molar-refractivity contribution in [1.29, 1.82) is 0 Å². The van der Waals surface area contributed by atoms with Crippen LogP contribution in [-0.2, 0) is 4.79 Å². The largest absolute Gasteiger partial charge is 0.459 e. The lowest BCUT2D eigenvalue weighted by Crippen LogP contribution is -2.33. The zero-order valence-corrected chi connectivity index (χ0v) is 12.8. The molecule has 1 N–H and O–H groups in total. The van der Waals surface area contributed by atoms with E-state index in [4.69, 9.17) is 4.42 Å². The van der Waals surface area contributed by atoms with E-state index >= 15 is 0 Å². The molecule has 0 spiro atoms. The minimum atomic E-state index is -0.309. The zero-order chi connectivity index (χ0) is 15.9. The molecule has 1 aromatic heterocycles. The number of nitrogens with one attached hydrogen (secondary N) is 1. The van der Waals surface area contributed by atoms with Crippen molar-refractivity contribution in [2.24, 2.45) is 0 Å². The van der Waals surface area contributed by atoms with Gasteiger partial charge in [-0.15, -0.1) is 0 Å². The van der Waals surface area contributed by atoms with Crippen LogP contribution in [-0.4, -0.2) is 30.3 Å². The first-order valence-corrected chi connectivity index (χ1v) is 7.22. The van der Waals surface area contributed by atoms with E-state index in [2.05, 4.69) is 5.32 Å². The number of benzene rings is 1. The Labute approximate surface area is 129 Å². The second-order valence-corrected chi connectivity index (χ2v) is 5.07. The third kappa shape index (κ3) is 3.97. The Morgan fingerprint density at radius 3 is 2.55 bits per heavy atom. The van der Waals surface area contributed by atoms with E-state index in [1.807, 2.05) is 37.3 Å². The summed E-state index contributed by atoms with van der Waals surface area (Å²) >= 11 is 0. The van der Waals surface area contributed by atoms with Gasteiger partial charge in [-0.2, -0.15) is 0 Å². The van der Waals surface area contributed by atoms with E-state index in [-0.39, 0.29) is 36.6 Å². The van der Waals surface area contributed by atoms with Crippen molar-refractivity contribution in [2.75, 3.05) is 13.6 Å². The van der Waals surface area contributed by atoms with E-state index in [1.165, 1.54) is 6.26 Å². The molecule has 2 rings (SSSR count). The molecule has 116 valence electrons. The van der Waals surface area contributed by atoms with Gasteiger partial charge in [0.25, 0.3) is 5.91 Å². The molecule has 0 aliphatic carbocycles. The molecule has 5 heteroatoms. The summed E-state index contributed by atoms with van der Waals surface area (Å²) in [4.78, 5) is 25.5. The number of nitrogens with zero attached hydrogens (tertiary/aromatic N) is 1. The number of hydrogen-bond acceptors (Lipinski definition) is 3. The van der Waals surface area contributed by atoms with E-state index in [1.54, 1.807) is 24.1 Å². The zero-order valence-electron chi connectivity index (χ0n) is 12.8. The molecule has 0 radical (unpaired) electrons. The van der Waals surface area contributed by atoms with Crippen LogP contribution in [0.1, 0.15) is 35.5 Å². The number of rotatable bonds is 6. The van der Waals surface area contributed by atoms with Crippen LogP contribution in [0.15, 0.2) is 53.1 Å². The molecule has 0 unspecified atom stereocenters. The number of hydrogen-bond donors (Lipinski definition) is 1. The Hall–Kier alpha value is -2.56. The average Bonchev–Trinajstić information content (AvgIpc) is 3.08. The Balaban J connectivity index is 1.80. The molecule has 0 saturated carbocycles. The molecule has 0 saturated heterocycles. The summed E-state index contributed by atoms with van der Waals surface area (Å²) in [5.74, 6) is -0.0777. The van der Waals surface area contributed by atoms with Crippen molar-refractivity contribution in [2.45, 2.75) is 19.4 Å². The molecule has 2 amide bonds. The monoisotopic (exact) mass is 300 g/mol. The Morgan fingerprint density at radius 1 is 1.18 bits per heavy atom. The topological polar surface area (TPSA) is 62.6 Å². The van der Waals surface area contributed by atoms with Crippen LogP contribution < -0.4 is 5.32 Å². The van der Waals surface area contributed by atoms with Gasteiger partial charge < -0.3 is 14.6 Å². The van der Waals surface area contributed by atoms with Crippen LogP contribution >= 0.6 is 0 Å². The fraction of sp³-hybridized carbons (Fsp3) is 0.294. The fourth-order valence-corrected chi connectivity index (χ4v) is 2.13. The van der Waals surface area contributed by atoms with E-state index in [0.29, 0.717) is 0 Å². The second kappa shape index (κ2) is 7.45. The van der Waals surface area contributed by atoms with Crippen LogP contribution in [0.3, 0.4) is 0 Å². The summed E-state index contributed by atoms with van der Waals surface area (Å²) in [7, 11) is 1.77. The lowest BCUT2D eigenvalue weighted by molar-refractivity contribution is -0.131. The number of carbonyl (C=O) groups excluding carboxylic acids is 2. The SMILES string of the molecule is C[C@@H](c1ccccc1)N(C)C(=O)CCNC(=O)c1ccco1. The van der Waals surface area contributed by atoms with Crippen molar-refractivity contribution in [1.82, 2.24) is 10.2 Å². The van der Waals surface area contributed by atoms with Crippen LogP contribution in [0.4, 0.5) is 0 Å². The smallest absolute Gasteiger partial charge is 0.286 e. The van der Waals surface area contributed by atoms with Gasteiger partial charge in [-0.05, 0) is 24.6 Å².